The Morgan fingerprint density at radius 3 is 2.33 bits per heavy atom. The fourth-order valence-electron chi connectivity index (χ4n) is 4.11. The number of hydrogen-bond acceptors (Lipinski definition) is 5. The highest BCUT2D eigenvalue weighted by molar-refractivity contribution is 5.97. The average Bonchev–Trinajstić information content (AvgIpc) is 3.37. The van der Waals surface area contributed by atoms with Gasteiger partial charge in [0.15, 0.2) is 0 Å². The Kier molecular flexibility index (Phi) is 9.00. The zero-order valence-corrected chi connectivity index (χ0v) is 22.8. The number of halogens is 1. The molecule has 1 heterocycles. The largest absolute Gasteiger partial charge is 0.497 e. The van der Waals surface area contributed by atoms with Gasteiger partial charge in [-0.15, -0.1) is 0 Å². The van der Waals surface area contributed by atoms with E-state index in [-0.39, 0.29) is 18.3 Å². The molecule has 0 aliphatic rings. The molecule has 4 rings (SSSR count). The number of rotatable bonds is 10. The molecule has 0 aliphatic heterocycles. The van der Waals surface area contributed by atoms with Crippen LogP contribution in [0.4, 0.5) is 20.7 Å². The second-order valence-corrected chi connectivity index (χ2v) is 9.49. The maximum absolute atomic E-state index is 13.6. The van der Waals surface area contributed by atoms with Crippen LogP contribution >= 0.6 is 0 Å². The second kappa shape index (κ2) is 12.8. The maximum Gasteiger partial charge on any atom is 0.322 e. The monoisotopic (exact) mass is 545 g/mol. The van der Waals surface area contributed by atoms with Crippen molar-refractivity contribution in [1.82, 2.24) is 14.7 Å². The Morgan fingerprint density at radius 2 is 1.68 bits per heavy atom. The number of aromatic nitrogens is 2. The summed E-state index contributed by atoms with van der Waals surface area (Å²) in [6.45, 7) is 4.05. The van der Waals surface area contributed by atoms with Crippen LogP contribution in [0.2, 0.25) is 0 Å². The first-order valence-electron chi connectivity index (χ1n) is 12.8. The lowest BCUT2D eigenvalue weighted by atomic mass is 10.1. The van der Waals surface area contributed by atoms with Gasteiger partial charge in [-0.1, -0.05) is 44.2 Å². The second-order valence-electron chi connectivity index (χ2n) is 9.49. The zero-order valence-electron chi connectivity index (χ0n) is 22.8. The van der Waals surface area contributed by atoms with Crippen molar-refractivity contribution >= 4 is 23.4 Å². The van der Waals surface area contributed by atoms with E-state index in [9.17, 15) is 14.0 Å². The average molecular weight is 546 g/mol. The van der Waals surface area contributed by atoms with E-state index in [4.69, 9.17) is 9.47 Å². The van der Waals surface area contributed by atoms with Crippen LogP contribution in [0.15, 0.2) is 78.9 Å². The third-order valence-corrected chi connectivity index (χ3v) is 5.98. The summed E-state index contributed by atoms with van der Waals surface area (Å²) < 4.78 is 25.7. The molecular weight excluding hydrogens is 513 g/mol. The summed E-state index contributed by atoms with van der Waals surface area (Å²) in [5.74, 6) is 0.705. The minimum Gasteiger partial charge on any atom is -0.497 e. The molecule has 4 aromatic rings. The van der Waals surface area contributed by atoms with Gasteiger partial charge >= 0.3 is 6.03 Å². The van der Waals surface area contributed by atoms with Gasteiger partial charge in [0.2, 0.25) is 5.91 Å². The Morgan fingerprint density at radius 1 is 0.950 bits per heavy atom. The van der Waals surface area contributed by atoms with Crippen molar-refractivity contribution in [3.05, 3.63) is 84.7 Å². The van der Waals surface area contributed by atoms with Crippen LogP contribution in [-0.2, 0) is 4.79 Å². The summed E-state index contributed by atoms with van der Waals surface area (Å²) in [7, 11) is 3.04. The van der Waals surface area contributed by atoms with Gasteiger partial charge in [-0.2, -0.15) is 5.10 Å². The van der Waals surface area contributed by atoms with Crippen LogP contribution in [0.25, 0.3) is 16.9 Å². The van der Waals surface area contributed by atoms with E-state index in [1.165, 1.54) is 28.8 Å². The molecule has 1 aromatic heterocycles. The summed E-state index contributed by atoms with van der Waals surface area (Å²) in [6, 6.07) is 21.6. The number of benzene rings is 3. The lowest BCUT2D eigenvalue weighted by molar-refractivity contribution is -0.116. The predicted octanol–water partition coefficient (Wildman–Crippen LogP) is 5.82. The SMILES string of the molecule is COc1ccc(NC(=O)N(CC(=O)Nc2cc(-c3ccccc3)nn2-c2ccc(F)cc2)CC(C)C)c(OC)c1. The van der Waals surface area contributed by atoms with Crippen molar-refractivity contribution < 1.29 is 23.5 Å². The lowest BCUT2D eigenvalue weighted by Crippen LogP contribution is -2.42. The zero-order chi connectivity index (χ0) is 28.6. The molecule has 0 saturated carbocycles. The Labute approximate surface area is 232 Å². The number of methoxy groups -OCH3 is 2. The third-order valence-electron chi connectivity index (χ3n) is 5.98. The van der Waals surface area contributed by atoms with Gasteiger partial charge in [-0.05, 0) is 42.3 Å². The van der Waals surface area contributed by atoms with Crippen LogP contribution in [0.5, 0.6) is 11.5 Å². The molecule has 0 saturated heterocycles. The van der Waals surface area contributed by atoms with Crippen molar-refractivity contribution in [2.24, 2.45) is 5.92 Å². The standard InChI is InChI=1S/C30H32FN5O4/c1-20(2)18-35(30(38)32-25-15-14-24(39-3)16-27(25)40-4)19-29(37)33-28-17-26(21-8-6-5-7-9-21)34-36(28)23-12-10-22(31)11-13-23/h5-17,20H,18-19H2,1-4H3,(H,32,38)(H,33,37). The number of urea groups is 1. The number of carbonyl (C=O) groups excluding carboxylic acids is 2. The minimum absolute atomic E-state index is 0.103. The first-order chi connectivity index (χ1) is 19.3. The fraction of sp³-hybridized carbons (Fsp3) is 0.233. The molecule has 9 nitrogen and oxygen atoms in total. The summed E-state index contributed by atoms with van der Waals surface area (Å²) in [4.78, 5) is 28.0. The highest BCUT2D eigenvalue weighted by atomic mass is 19.1. The molecule has 0 atom stereocenters. The van der Waals surface area contributed by atoms with Gasteiger partial charge in [0.25, 0.3) is 0 Å². The molecular formula is C30H32FN5O4. The molecule has 0 unspecified atom stereocenters. The van der Waals surface area contributed by atoms with Crippen molar-refractivity contribution in [2.45, 2.75) is 13.8 Å². The molecule has 0 bridgehead atoms. The van der Waals surface area contributed by atoms with Crippen molar-refractivity contribution in [1.29, 1.82) is 0 Å². The van der Waals surface area contributed by atoms with Gasteiger partial charge in [0.1, 0.15) is 29.7 Å². The summed E-state index contributed by atoms with van der Waals surface area (Å²) >= 11 is 0. The van der Waals surface area contributed by atoms with Gasteiger partial charge in [-0.25, -0.2) is 13.9 Å². The van der Waals surface area contributed by atoms with Crippen molar-refractivity contribution in [3.63, 3.8) is 0 Å². The minimum atomic E-state index is -0.454. The van der Waals surface area contributed by atoms with E-state index in [1.807, 2.05) is 44.2 Å². The van der Waals surface area contributed by atoms with Crippen LogP contribution in [0.3, 0.4) is 0 Å². The van der Waals surface area contributed by atoms with E-state index in [0.29, 0.717) is 40.9 Å². The van der Waals surface area contributed by atoms with Crippen LogP contribution in [0.1, 0.15) is 13.8 Å². The van der Waals surface area contributed by atoms with E-state index < -0.39 is 11.9 Å². The smallest absolute Gasteiger partial charge is 0.322 e. The molecule has 0 fully saturated rings. The lowest BCUT2D eigenvalue weighted by Gasteiger charge is -2.25. The molecule has 0 radical (unpaired) electrons. The highest BCUT2D eigenvalue weighted by Gasteiger charge is 2.22. The summed E-state index contributed by atoms with van der Waals surface area (Å²) in [6.07, 6.45) is 0. The quantitative estimate of drug-likeness (QED) is 0.262. The van der Waals surface area contributed by atoms with Crippen LogP contribution in [0, 0.1) is 11.7 Å². The number of nitrogens with one attached hydrogen (secondary N) is 2. The van der Waals surface area contributed by atoms with Crippen LogP contribution < -0.4 is 20.1 Å². The maximum atomic E-state index is 13.6. The number of amides is 3. The van der Waals surface area contributed by atoms with Gasteiger partial charge in [0.05, 0.1) is 31.3 Å². The van der Waals surface area contributed by atoms with E-state index in [1.54, 1.807) is 43.5 Å². The number of hydrogen-bond donors (Lipinski definition) is 2. The Hall–Kier alpha value is -4.86. The van der Waals surface area contributed by atoms with E-state index >= 15 is 0 Å². The number of anilines is 2. The predicted molar refractivity (Wildman–Crippen MR) is 153 cm³/mol. The van der Waals surface area contributed by atoms with Crippen LogP contribution in [-0.4, -0.2) is 53.9 Å². The molecule has 0 aliphatic carbocycles. The fourth-order valence-corrected chi connectivity index (χ4v) is 4.11. The normalized spacial score (nSPS) is 10.8. The summed E-state index contributed by atoms with van der Waals surface area (Å²) in [5, 5.41) is 10.4. The Balaban J connectivity index is 1.56. The summed E-state index contributed by atoms with van der Waals surface area (Å²) in [5.41, 5.74) is 2.50. The van der Waals surface area contributed by atoms with Gasteiger partial charge in [-0.3, -0.25) is 4.79 Å². The van der Waals surface area contributed by atoms with Gasteiger partial charge in [0, 0.05) is 24.2 Å². The molecule has 208 valence electrons. The first kappa shape index (κ1) is 28.2. The molecule has 2 N–H and O–H groups in total. The molecule has 10 heteroatoms. The topological polar surface area (TPSA) is 97.7 Å². The van der Waals surface area contributed by atoms with Crippen molar-refractivity contribution in [2.75, 3.05) is 37.9 Å². The van der Waals surface area contributed by atoms with Crippen molar-refractivity contribution in [3.8, 4) is 28.4 Å². The number of carbonyl (C=O) groups is 2. The van der Waals surface area contributed by atoms with Gasteiger partial charge < -0.3 is 25.0 Å². The molecule has 0 spiro atoms. The number of ether oxygens (including phenoxy) is 2. The first-order valence-corrected chi connectivity index (χ1v) is 12.8. The molecule has 3 aromatic carbocycles. The van der Waals surface area contributed by atoms with E-state index in [2.05, 4.69) is 15.7 Å². The highest BCUT2D eigenvalue weighted by Crippen LogP contribution is 2.29. The molecule has 3 amide bonds. The Bertz CT molecular complexity index is 1450. The molecule has 40 heavy (non-hydrogen) atoms. The number of nitrogens with zero attached hydrogens (tertiary/aromatic N) is 3. The third kappa shape index (κ3) is 6.96. The van der Waals surface area contributed by atoms with E-state index in [0.717, 1.165) is 5.56 Å².